The molecular weight excluding hydrogens is 378 g/mol. The largest absolute Gasteiger partial charge is 0.492 e. The maximum atomic E-state index is 12.6. The first-order chi connectivity index (χ1) is 14.6. The minimum Gasteiger partial charge on any atom is -0.492 e. The predicted molar refractivity (Wildman–Crippen MR) is 119 cm³/mol. The lowest BCUT2D eigenvalue weighted by Crippen LogP contribution is -2.51. The number of hydrogen-bond donors (Lipinski definition) is 1. The molecule has 0 spiro atoms. The summed E-state index contributed by atoms with van der Waals surface area (Å²) in [6.07, 6.45) is 0.518. The highest BCUT2D eigenvalue weighted by Gasteiger charge is 2.23. The minimum absolute atomic E-state index is 0.0236. The second-order valence-electron chi connectivity index (χ2n) is 7.58. The minimum atomic E-state index is -0.487. The molecule has 6 heteroatoms. The van der Waals surface area contributed by atoms with Crippen LogP contribution < -0.4 is 15.0 Å². The van der Waals surface area contributed by atoms with Crippen LogP contribution in [0.15, 0.2) is 54.6 Å². The van der Waals surface area contributed by atoms with E-state index in [1.807, 2.05) is 55.5 Å². The third-order valence-electron chi connectivity index (χ3n) is 5.35. The van der Waals surface area contributed by atoms with Crippen molar-refractivity contribution in [1.82, 2.24) is 10.2 Å². The lowest BCUT2D eigenvalue weighted by molar-refractivity contribution is -0.127. The number of carbonyl (C=O) groups excluding carboxylic acids is 2. The maximum absolute atomic E-state index is 12.6. The summed E-state index contributed by atoms with van der Waals surface area (Å²) in [6.45, 7) is 7.70. The van der Waals surface area contributed by atoms with Gasteiger partial charge in [-0.15, -0.1) is 0 Å². The van der Waals surface area contributed by atoms with Crippen LogP contribution in [0, 0.1) is 0 Å². The molecule has 0 bridgehead atoms. The molecule has 160 valence electrons. The number of ether oxygens (including phenoxy) is 1. The monoisotopic (exact) mass is 409 g/mol. The van der Waals surface area contributed by atoms with E-state index in [2.05, 4.69) is 21.2 Å². The Balaban J connectivity index is 1.50. The fourth-order valence-electron chi connectivity index (χ4n) is 3.73. The van der Waals surface area contributed by atoms with Gasteiger partial charge in [-0.25, -0.2) is 0 Å². The van der Waals surface area contributed by atoms with E-state index in [0.29, 0.717) is 19.6 Å². The molecule has 3 rings (SSSR count). The number of anilines is 1. The van der Waals surface area contributed by atoms with Gasteiger partial charge in [0.2, 0.25) is 5.91 Å². The number of amides is 1. The van der Waals surface area contributed by atoms with Gasteiger partial charge in [-0.05, 0) is 38.0 Å². The highest BCUT2D eigenvalue weighted by molar-refractivity contribution is 5.88. The molecule has 0 saturated carbocycles. The topological polar surface area (TPSA) is 61.9 Å². The van der Waals surface area contributed by atoms with Gasteiger partial charge in [0.15, 0.2) is 5.78 Å². The van der Waals surface area contributed by atoms with Crippen molar-refractivity contribution < 1.29 is 14.3 Å². The summed E-state index contributed by atoms with van der Waals surface area (Å²) in [5.74, 6) is 0.773. The van der Waals surface area contributed by atoms with Gasteiger partial charge in [-0.1, -0.05) is 42.5 Å². The Morgan fingerprint density at radius 3 is 2.33 bits per heavy atom. The van der Waals surface area contributed by atoms with Gasteiger partial charge in [0.1, 0.15) is 5.75 Å². The number of nitrogens with zero attached hydrogens (tertiary/aromatic N) is 2. The van der Waals surface area contributed by atoms with Gasteiger partial charge < -0.3 is 15.0 Å². The van der Waals surface area contributed by atoms with Gasteiger partial charge >= 0.3 is 0 Å². The third-order valence-corrected chi connectivity index (χ3v) is 5.35. The molecule has 0 unspecified atom stereocenters. The van der Waals surface area contributed by atoms with E-state index in [4.69, 9.17) is 4.74 Å². The lowest BCUT2D eigenvalue weighted by atomic mass is 10.0. The van der Waals surface area contributed by atoms with Crippen molar-refractivity contribution in [2.75, 3.05) is 44.2 Å². The molecule has 30 heavy (non-hydrogen) atoms. The van der Waals surface area contributed by atoms with Crippen LogP contribution in [0.4, 0.5) is 5.69 Å². The molecule has 0 aromatic heterocycles. The van der Waals surface area contributed by atoms with Crippen LogP contribution in [0.3, 0.4) is 0 Å². The van der Waals surface area contributed by atoms with Crippen LogP contribution in [0.2, 0.25) is 0 Å². The number of rotatable bonds is 9. The van der Waals surface area contributed by atoms with Crippen LogP contribution in [-0.2, 0) is 16.0 Å². The summed E-state index contributed by atoms with van der Waals surface area (Å²) < 4.78 is 5.75. The first-order valence-electron chi connectivity index (χ1n) is 10.6. The Kier molecular flexibility index (Phi) is 7.85. The van der Waals surface area contributed by atoms with Gasteiger partial charge in [0.05, 0.1) is 24.9 Å². The second kappa shape index (κ2) is 10.8. The van der Waals surface area contributed by atoms with Crippen molar-refractivity contribution in [3.8, 4) is 5.75 Å². The van der Waals surface area contributed by atoms with E-state index < -0.39 is 6.04 Å². The Morgan fingerprint density at radius 1 is 1.00 bits per heavy atom. The number of ketones is 1. The van der Waals surface area contributed by atoms with E-state index >= 15 is 0 Å². The molecule has 1 saturated heterocycles. The summed E-state index contributed by atoms with van der Waals surface area (Å²) >= 11 is 0. The second-order valence-corrected chi connectivity index (χ2v) is 7.58. The summed E-state index contributed by atoms with van der Waals surface area (Å²) in [5.41, 5.74) is 2.14. The molecule has 0 radical (unpaired) electrons. The molecule has 2 aromatic carbocycles. The molecule has 0 aliphatic carbocycles. The van der Waals surface area contributed by atoms with E-state index in [0.717, 1.165) is 43.2 Å². The third kappa shape index (κ3) is 6.07. The Hall–Kier alpha value is -2.86. The number of benzene rings is 2. The zero-order valence-corrected chi connectivity index (χ0v) is 17.8. The van der Waals surface area contributed by atoms with Crippen LogP contribution in [-0.4, -0.2) is 62.0 Å². The normalized spacial score (nSPS) is 15.5. The number of hydrogen-bond acceptors (Lipinski definition) is 5. The number of nitrogens with one attached hydrogen (secondary N) is 1. The molecule has 1 N–H and O–H groups in total. The standard InChI is InChI=1S/C24H31N3O3/c1-3-30-23-12-8-7-11-22(23)27-15-13-26(14-16-27)18-24(29)25-21(19(2)28)17-20-9-5-4-6-10-20/h4-12,21H,3,13-18H2,1-2H3,(H,25,29)/t21-/m1/s1. The lowest BCUT2D eigenvalue weighted by Gasteiger charge is -2.36. The quantitative estimate of drug-likeness (QED) is 0.690. The smallest absolute Gasteiger partial charge is 0.234 e. The molecule has 1 atom stereocenters. The van der Waals surface area contributed by atoms with Gasteiger partial charge in [-0.3, -0.25) is 14.5 Å². The van der Waals surface area contributed by atoms with Crippen LogP contribution in [0.25, 0.3) is 0 Å². The molecule has 6 nitrogen and oxygen atoms in total. The average molecular weight is 410 g/mol. The summed E-state index contributed by atoms with van der Waals surface area (Å²) in [4.78, 5) is 29.0. The van der Waals surface area contributed by atoms with E-state index in [1.54, 1.807) is 0 Å². The fraction of sp³-hybridized carbons (Fsp3) is 0.417. The first kappa shape index (κ1) is 21.8. The fourth-order valence-corrected chi connectivity index (χ4v) is 3.73. The Labute approximate surface area is 178 Å². The molecule has 1 aliphatic heterocycles. The van der Waals surface area contributed by atoms with E-state index in [1.165, 1.54) is 6.92 Å². The van der Waals surface area contributed by atoms with Crippen molar-refractivity contribution >= 4 is 17.4 Å². The van der Waals surface area contributed by atoms with Gasteiger partial charge in [-0.2, -0.15) is 0 Å². The van der Waals surface area contributed by atoms with Crippen LogP contribution in [0.1, 0.15) is 19.4 Å². The summed E-state index contributed by atoms with van der Waals surface area (Å²) in [7, 11) is 0. The zero-order chi connectivity index (χ0) is 21.3. The Bertz CT molecular complexity index is 833. The van der Waals surface area contributed by atoms with Gasteiger partial charge in [0.25, 0.3) is 0 Å². The molecule has 1 amide bonds. The van der Waals surface area contributed by atoms with Crippen molar-refractivity contribution in [3.63, 3.8) is 0 Å². The summed E-state index contributed by atoms with van der Waals surface area (Å²) in [6, 6.07) is 17.4. The highest BCUT2D eigenvalue weighted by atomic mass is 16.5. The first-order valence-corrected chi connectivity index (χ1v) is 10.6. The number of Topliss-reactive ketones (excluding diaryl/α,β-unsaturated/α-hetero) is 1. The predicted octanol–water partition coefficient (Wildman–Crippen LogP) is 2.52. The van der Waals surface area contributed by atoms with Crippen molar-refractivity contribution in [1.29, 1.82) is 0 Å². The van der Waals surface area contributed by atoms with Crippen molar-refractivity contribution in [2.24, 2.45) is 0 Å². The van der Waals surface area contributed by atoms with Crippen molar-refractivity contribution in [2.45, 2.75) is 26.3 Å². The van der Waals surface area contributed by atoms with Gasteiger partial charge in [0, 0.05) is 26.2 Å². The maximum Gasteiger partial charge on any atom is 0.234 e. The van der Waals surface area contributed by atoms with Crippen LogP contribution in [0.5, 0.6) is 5.75 Å². The van der Waals surface area contributed by atoms with Crippen LogP contribution >= 0.6 is 0 Å². The molecule has 1 fully saturated rings. The van der Waals surface area contributed by atoms with E-state index in [9.17, 15) is 9.59 Å². The molecular formula is C24H31N3O3. The highest BCUT2D eigenvalue weighted by Crippen LogP contribution is 2.28. The summed E-state index contributed by atoms with van der Waals surface area (Å²) in [5, 5.41) is 2.92. The molecule has 1 heterocycles. The number of carbonyl (C=O) groups is 2. The molecule has 2 aromatic rings. The Morgan fingerprint density at radius 2 is 1.67 bits per heavy atom. The zero-order valence-electron chi connectivity index (χ0n) is 17.8. The van der Waals surface area contributed by atoms with E-state index in [-0.39, 0.29) is 11.7 Å². The average Bonchev–Trinajstić information content (AvgIpc) is 2.75. The molecule has 1 aliphatic rings. The number of para-hydroxylation sites is 2. The number of piperazine rings is 1. The van der Waals surface area contributed by atoms with Crippen molar-refractivity contribution in [3.05, 3.63) is 60.2 Å². The SMILES string of the molecule is CCOc1ccccc1N1CCN(CC(=O)N[C@H](Cc2ccccc2)C(C)=O)CC1.